The number of nitrogens with zero attached hydrogens (tertiary/aromatic N) is 1. The van der Waals surface area contributed by atoms with Gasteiger partial charge in [0.25, 0.3) is 0 Å². The monoisotopic (exact) mass is 500 g/mol. The fraction of sp³-hybridized carbons (Fsp3) is 0.444. The third-order valence-electron chi connectivity index (χ3n) is 6.52. The summed E-state index contributed by atoms with van der Waals surface area (Å²) >= 11 is 0. The highest BCUT2D eigenvalue weighted by Gasteiger charge is 2.29. The Hall–Kier alpha value is -2.52. The second-order valence-corrected chi connectivity index (χ2v) is 12.2. The minimum Gasteiger partial charge on any atom is -0.478 e. The molecule has 0 saturated carbocycles. The predicted molar refractivity (Wildman–Crippen MR) is 138 cm³/mol. The van der Waals surface area contributed by atoms with E-state index >= 15 is 0 Å². The van der Waals surface area contributed by atoms with E-state index in [1.54, 1.807) is 19.1 Å². The lowest BCUT2D eigenvalue weighted by atomic mass is 9.88. The van der Waals surface area contributed by atoms with E-state index < -0.39 is 22.1 Å². The fourth-order valence-corrected chi connectivity index (χ4v) is 6.25. The molecule has 0 aliphatic heterocycles. The van der Waals surface area contributed by atoms with Crippen molar-refractivity contribution in [1.29, 1.82) is 0 Å². The summed E-state index contributed by atoms with van der Waals surface area (Å²) in [5.41, 5.74) is 3.75. The zero-order chi connectivity index (χ0) is 25.8. The zero-order valence-corrected chi connectivity index (χ0v) is 21.7. The van der Waals surface area contributed by atoms with Gasteiger partial charge in [0.15, 0.2) is 0 Å². The Kier molecular flexibility index (Phi) is 8.54. The molecule has 1 atom stereocenters. The van der Waals surface area contributed by atoms with Gasteiger partial charge in [0.05, 0.1) is 11.0 Å². The summed E-state index contributed by atoms with van der Waals surface area (Å²) in [6.45, 7) is 6.14. The molecule has 8 heteroatoms. The SMILES string of the molecule is Cc1cc(C=CC(=O)O)ccc1S(=O)(=O)N(C)CC(O)CNC(C)(C)CC1Cc2ccccc2C1. The number of nitrogens with one attached hydrogen (secondary N) is 1. The summed E-state index contributed by atoms with van der Waals surface area (Å²) in [5.74, 6) is -0.524. The molecule has 0 amide bonds. The molecule has 190 valence electrons. The first kappa shape index (κ1) is 27.1. The number of benzene rings is 2. The van der Waals surface area contributed by atoms with Gasteiger partial charge >= 0.3 is 5.97 Å². The lowest BCUT2D eigenvalue weighted by Gasteiger charge is -2.31. The number of aliphatic carboxylic acids is 1. The van der Waals surface area contributed by atoms with Gasteiger partial charge in [-0.1, -0.05) is 36.4 Å². The lowest BCUT2D eigenvalue weighted by Crippen LogP contribution is -2.47. The molecule has 2 aromatic carbocycles. The molecular formula is C27H36N2O5S. The van der Waals surface area contributed by atoms with E-state index in [1.165, 1.54) is 30.3 Å². The van der Waals surface area contributed by atoms with Crippen LogP contribution in [0.15, 0.2) is 53.4 Å². The predicted octanol–water partition coefficient (Wildman–Crippen LogP) is 3.25. The van der Waals surface area contributed by atoms with Crippen LogP contribution in [0.5, 0.6) is 0 Å². The summed E-state index contributed by atoms with van der Waals surface area (Å²) in [6.07, 6.45) is 4.64. The Balaban J connectivity index is 1.54. The maximum Gasteiger partial charge on any atom is 0.328 e. The van der Waals surface area contributed by atoms with Crippen molar-refractivity contribution in [3.63, 3.8) is 0 Å². The van der Waals surface area contributed by atoms with Crippen LogP contribution < -0.4 is 5.32 Å². The molecule has 3 N–H and O–H groups in total. The highest BCUT2D eigenvalue weighted by Crippen LogP contribution is 2.32. The lowest BCUT2D eigenvalue weighted by molar-refractivity contribution is -0.131. The number of carbonyl (C=O) groups is 1. The number of rotatable bonds is 11. The first-order valence-corrected chi connectivity index (χ1v) is 13.3. The van der Waals surface area contributed by atoms with E-state index in [1.807, 2.05) is 0 Å². The van der Waals surface area contributed by atoms with Crippen molar-refractivity contribution in [3.05, 3.63) is 70.8 Å². The standard InChI is InChI=1S/C27H36N2O5S/c1-19-13-20(10-12-26(31)32)9-11-25(19)35(33,34)29(4)18-24(30)17-28-27(2,3)16-21-14-22-7-5-6-8-23(22)15-21/h5-13,21,24,28,30H,14-18H2,1-4H3,(H,31,32). The van der Waals surface area contributed by atoms with Crippen molar-refractivity contribution in [1.82, 2.24) is 9.62 Å². The van der Waals surface area contributed by atoms with Crippen molar-refractivity contribution in [2.45, 2.75) is 56.6 Å². The summed E-state index contributed by atoms with van der Waals surface area (Å²) in [6, 6.07) is 13.2. The maximum absolute atomic E-state index is 13.1. The number of fused-ring (bicyclic) bond motifs is 1. The van der Waals surface area contributed by atoms with E-state index in [4.69, 9.17) is 5.11 Å². The molecule has 0 radical (unpaired) electrons. The number of aryl methyl sites for hydroxylation is 1. The smallest absolute Gasteiger partial charge is 0.328 e. The summed E-state index contributed by atoms with van der Waals surface area (Å²) in [4.78, 5) is 10.8. The van der Waals surface area contributed by atoms with Gasteiger partial charge < -0.3 is 15.5 Å². The van der Waals surface area contributed by atoms with Crippen molar-refractivity contribution < 1.29 is 23.4 Å². The zero-order valence-electron chi connectivity index (χ0n) is 20.9. The number of aliphatic hydroxyl groups excluding tert-OH is 1. The van der Waals surface area contributed by atoms with Crippen molar-refractivity contribution in [2.24, 2.45) is 5.92 Å². The summed E-state index contributed by atoms with van der Waals surface area (Å²) in [5, 5.41) is 22.8. The summed E-state index contributed by atoms with van der Waals surface area (Å²) < 4.78 is 27.3. The van der Waals surface area contributed by atoms with Crippen LogP contribution in [-0.4, -0.2) is 60.7 Å². The topological polar surface area (TPSA) is 107 Å². The third-order valence-corrected chi connectivity index (χ3v) is 8.51. The van der Waals surface area contributed by atoms with Crippen LogP contribution in [0.1, 0.15) is 42.5 Å². The Morgan fingerprint density at radius 2 is 1.83 bits per heavy atom. The molecule has 1 unspecified atom stereocenters. The first-order chi connectivity index (χ1) is 16.4. The van der Waals surface area contributed by atoms with Crippen LogP contribution in [0.25, 0.3) is 6.08 Å². The van der Waals surface area contributed by atoms with E-state index in [0.29, 0.717) is 17.0 Å². The van der Waals surface area contributed by atoms with Gasteiger partial charge in [-0.3, -0.25) is 0 Å². The molecule has 0 spiro atoms. The molecule has 0 heterocycles. The quantitative estimate of drug-likeness (QED) is 0.409. The van der Waals surface area contributed by atoms with Gasteiger partial charge in [-0.15, -0.1) is 0 Å². The molecule has 2 aromatic rings. The van der Waals surface area contributed by atoms with Crippen LogP contribution in [-0.2, 0) is 27.7 Å². The van der Waals surface area contributed by atoms with Crippen LogP contribution >= 0.6 is 0 Å². The van der Waals surface area contributed by atoms with E-state index in [-0.39, 0.29) is 23.5 Å². The van der Waals surface area contributed by atoms with Crippen LogP contribution in [0.3, 0.4) is 0 Å². The highest BCUT2D eigenvalue weighted by atomic mass is 32.2. The third kappa shape index (κ3) is 7.24. The number of sulfonamides is 1. The minimum atomic E-state index is -3.81. The van der Waals surface area contributed by atoms with Crippen molar-refractivity contribution in [3.8, 4) is 0 Å². The van der Waals surface area contributed by atoms with Crippen molar-refractivity contribution in [2.75, 3.05) is 20.1 Å². The van der Waals surface area contributed by atoms with Gasteiger partial charge in [-0.05, 0) is 80.3 Å². The van der Waals surface area contributed by atoms with Gasteiger partial charge in [0, 0.05) is 31.8 Å². The maximum atomic E-state index is 13.1. The van der Waals surface area contributed by atoms with E-state index in [9.17, 15) is 18.3 Å². The Bertz CT molecular complexity index is 1160. The average molecular weight is 501 g/mol. The molecule has 0 bridgehead atoms. The number of likely N-dealkylation sites (N-methyl/N-ethyl adjacent to an activating group) is 1. The molecule has 35 heavy (non-hydrogen) atoms. The number of hydrogen-bond acceptors (Lipinski definition) is 5. The van der Waals surface area contributed by atoms with Crippen molar-refractivity contribution >= 4 is 22.1 Å². The molecule has 7 nitrogen and oxygen atoms in total. The van der Waals surface area contributed by atoms with Gasteiger partial charge in [0.1, 0.15) is 0 Å². The second-order valence-electron chi connectivity index (χ2n) is 10.1. The Labute approximate surface area is 208 Å². The molecule has 0 fully saturated rings. The summed E-state index contributed by atoms with van der Waals surface area (Å²) in [7, 11) is -2.36. The average Bonchev–Trinajstić information content (AvgIpc) is 3.17. The number of carboxylic acids is 1. The number of β-amino-alcohol motifs (C(OH)–C–C–N with tert-alkyl or cyclic N) is 1. The molecule has 1 aliphatic rings. The molecule has 0 saturated heterocycles. The second kappa shape index (κ2) is 11.0. The number of carboxylic acid groups (broad SMARTS) is 1. The Morgan fingerprint density at radius 1 is 1.20 bits per heavy atom. The van der Waals surface area contributed by atoms with Gasteiger partial charge in [-0.25, -0.2) is 13.2 Å². The molecule has 3 rings (SSSR count). The van der Waals surface area contributed by atoms with E-state index in [2.05, 4.69) is 43.4 Å². The Morgan fingerprint density at radius 3 is 2.40 bits per heavy atom. The van der Waals surface area contributed by atoms with Crippen LogP contribution in [0.2, 0.25) is 0 Å². The van der Waals surface area contributed by atoms with Gasteiger partial charge in [0.2, 0.25) is 10.0 Å². The fourth-order valence-electron chi connectivity index (χ4n) is 4.84. The molecular weight excluding hydrogens is 464 g/mol. The molecule has 1 aliphatic carbocycles. The normalized spacial score (nSPS) is 15.6. The largest absolute Gasteiger partial charge is 0.478 e. The highest BCUT2D eigenvalue weighted by molar-refractivity contribution is 7.89. The van der Waals surface area contributed by atoms with Gasteiger partial charge in [-0.2, -0.15) is 4.31 Å². The first-order valence-electron chi connectivity index (χ1n) is 11.9. The molecule has 0 aromatic heterocycles. The number of hydrogen-bond donors (Lipinski definition) is 3. The number of aliphatic hydroxyl groups is 1. The van der Waals surface area contributed by atoms with Crippen LogP contribution in [0.4, 0.5) is 0 Å². The minimum absolute atomic E-state index is 0.0413. The van der Waals surface area contributed by atoms with Crippen LogP contribution in [0, 0.1) is 12.8 Å². The van der Waals surface area contributed by atoms with E-state index in [0.717, 1.165) is 29.6 Å².